The monoisotopic (exact) mass is 389 g/mol. The lowest BCUT2D eigenvalue weighted by molar-refractivity contribution is -0.140. The van der Waals surface area contributed by atoms with E-state index in [4.69, 9.17) is 4.74 Å². The number of benzene rings is 2. The summed E-state index contributed by atoms with van der Waals surface area (Å²) in [5, 5.41) is 0. The molecule has 0 aliphatic heterocycles. The molecule has 24 heavy (non-hydrogen) atoms. The van der Waals surface area contributed by atoms with Gasteiger partial charge in [-0.15, -0.1) is 0 Å². The number of esters is 1. The summed E-state index contributed by atoms with van der Waals surface area (Å²) in [4.78, 5) is 13.7. The van der Waals surface area contributed by atoms with Crippen molar-refractivity contribution >= 4 is 21.9 Å². The molecule has 0 fully saturated rings. The van der Waals surface area contributed by atoms with E-state index < -0.39 is 0 Å². The highest BCUT2D eigenvalue weighted by Crippen LogP contribution is 2.19. The number of hydrogen-bond acceptors (Lipinski definition) is 3. The maximum atomic E-state index is 11.8. The van der Waals surface area contributed by atoms with E-state index in [0.717, 1.165) is 13.1 Å². The van der Waals surface area contributed by atoms with Gasteiger partial charge in [0.2, 0.25) is 0 Å². The van der Waals surface area contributed by atoms with Crippen LogP contribution in [0.5, 0.6) is 0 Å². The zero-order valence-corrected chi connectivity index (χ0v) is 16.0. The van der Waals surface area contributed by atoms with Crippen LogP contribution in [0.1, 0.15) is 22.3 Å². The molecule has 0 radical (unpaired) electrons. The highest BCUT2D eigenvalue weighted by molar-refractivity contribution is 9.10. The molecule has 0 N–H and O–H groups in total. The van der Waals surface area contributed by atoms with Crippen molar-refractivity contribution in [3.8, 4) is 0 Å². The number of ether oxygens (including phenoxy) is 1. The first-order valence-corrected chi connectivity index (χ1v) is 8.96. The van der Waals surface area contributed by atoms with Gasteiger partial charge >= 0.3 is 5.97 Å². The molecule has 0 aliphatic rings. The van der Waals surface area contributed by atoms with Crippen LogP contribution < -0.4 is 0 Å². The van der Waals surface area contributed by atoms with Gasteiger partial charge in [-0.25, -0.2) is 0 Å². The van der Waals surface area contributed by atoms with Gasteiger partial charge in [-0.05, 0) is 36.1 Å². The Morgan fingerprint density at radius 1 is 1.04 bits per heavy atom. The third kappa shape index (κ3) is 5.18. The van der Waals surface area contributed by atoms with Gasteiger partial charge in [0.25, 0.3) is 0 Å². The number of halogens is 1. The summed E-state index contributed by atoms with van der Waals surface area (Å²) < 4.78 is 4.85. The van der Waals surface area contributed by atoms with Crippen molar-refractivity contribution < 1.29 is 9.53 Å². The minimum atomic E-state index is -0.337. The summed E-state index contributed by atoms with van der Waals surface area (Å²) >= 11 is 3.45. The Kier molecular flexibility index (Phi) is 7.00. The number of nitrogens with zero attached hydrogens (tertiary/aromatic N) is 1. The molecule has 0 saturated carbocycles. The van der Waals surface area contributed by atoms with Crippen molar-refractivity contribution in [2.75, 3.05) is 13.7 Å². The summed E-state index contributed by atoms with van der Waals surface area (Å²) in [5.74, 6) is -0.241. The Morgan fingerprint density at radius 2 is 1.67 bits per heavy atom. The van der Waals surface area contributed by atoms with Crippen LogP contribution in [0, 0.1) is 13.8 Å². The fourth-order valence-electron chi connectivity index (χ4n) is 2.78. The predicted molar refractivity (Wildman–Crippen MR) is 101 cm³/mol. The lowest BCUT2D eigenvalue weighted by Crippen LogP contribution is -2.34. The van der Waals surface area contributed by atoms with Gasteiger partial charge in [0.15, 0.2) is 0 Å². The average Bonchev–Trinajstić information content (AvgIpc) is 2.58. The summed E-state index contributed by atoms with van der Waals surface area (Å²) in [6.07, 6.45) is 0. The fourth-order valence-corrected chi connectivity index (χ4v) is 3.37. The van der Waals surface area contributed by atoms with Crippen LogP contribution >= 0.6 is 15.9 Å². The number of methoxy groups -OCH3 is 1. The molecule has 2 rings (SSSR count). The van der Waals surface area contributed by atoms with Crippen molar-refractivity contribution in [3.05, 3.63) is 70.8 Å². The van der Waals surface area contributed by atoms with E-state index in [-0.39, 0.29) is 10.8 Å². The predicted octanol–water partition coefficient (Wildman–Crippen LogP) is 4.24. The Hall–Kier alpha value is -1.65. The maximum absolute atomic E-state index is 11.8. The van der Waals surface area contributed by atoms with Crippen molar-refractivity contribution in [1.29, 1.82) is 0 Å². The van der Waals surface area contributed by atoms with Gasteiger partial charge in [-0.2, -0.15) is 0 Å². The van der Waals surface area contributed by atoms with Crippen molar-refractivity contribution in [2.24, 2.45) is 0 Å². The molecule has 0 amide bonds. The molecular formula is C20H24BrNO2. The van der Waals surface area contributed by atoms with E-state index in [2.05, 4.69) is 65.0 Å². The molecule has 2 aromatic carbocycles. The molecule has 0 saturated heterocycles. The standard InChI is InChI=1S/C20H24BrNO2/c1-15-8-7-9-16(2)18(15)13-22(14-19(21)20(23)24-3)12-17-10-5-4-6-11-17/h4-11,19H,12-14H2,1-3H3. The largest absolute Gasteiger partial charge is 0.468 e. The third-order valence-electron chi connectivity index (χ3n) is 4.15. The Morgan fingerprint density at radius 3 is 2.25 bits per heavy atom. The van der Waals surface area contributed by atoms with E-state index in [1.54, 1.807) is 0 Å². The Labute approximate surface area is 152 Å². The minimum absolute atomic E-state index is 0.241. The second-order valence-electron chi connectivity index (χ2n) is 6.02. The highest BCUT2D eigenvalue weighted by Gasteiger charge is 2.20. The van der Waals surface area contributed by atoms with Gasteiger partial charge in [0, 0.05) is 19.6 Å². The third-order valence-corrected chi connectivity index (χ3v) is 4.81. The molecule has 0 spiro atoms. The molecule has 2 aromatic rings. The lowest BCUT2D eigenvalue weighted by atomic mass is 10.0. The minimum Gasteiger partial charge on any atom is -0.468 e. The van der Waals surface area contributed by atoms with Crippen LogP contribution in [-0.2, 0) is 22.6 Å². The van der Waals surface area contributed by atoms with Crippen LogP contribution in [0.4, 0.5) is 0 Å². The number of carbonyl (C=O) groups excluding carboxylic acids is 1. The van der Waals surface area contributed by atoms with Crippen LogP contribution in [-0.4, -0.2) is 29.4 Å². The molecule has 0 heterocycles. The van der Waals surface area contributed by atoms with Gasteiger partial charge in [0.1, 0.15) is 4.83 Å². The first-order valence-electron chi connectivity index (χ1n) is 8.04. The second kappa shape index (κ2) is 9.00. The van der Waals surface area contributed by atoms with Crippen LogP contribution in [0.25, 0.3) is 0 Å². The van der Waals surface area contributed by atoms with Gasteiger partial charge in [-0.1, -0.05) is 64.5 Å². The highest BCUT2D eigenvalue weighted by atomic mass is 79.9. The second-order valence-corrected chi connectivity index (χ2v) is 7.12. The topological polar surface area (TPSA) is 29.5 Å². The van der Waals surface area contributed by atoms with E-state index in [1.807, 2.05) is 18.2 Å². The molecule has 1 atom stereocenters. The Bertz CT molecular complexity index is 652. The van der Waals surface area contributed by atoms with E-state index in [1.165, 1.54) is 29.4 Å². The first kappa shape index (κ1) is 18.7. The van der Waals surface area contributed by atoms with E-state index in [0.29, 0.717) is 6.54 Å². The quantitative estimate of drug-likeness (QED) is 0.523. The molecule has 0 bridgehead atoms. The average molecular weight is 390 g/mol. The van der Waals surface area contributed by atoms with Crippen molar-refractivity contribution in [2.45, 2.75) is 31.8 Å². The molecule has 0 aliphatic carbocycles. The summed E-state index contributed by atoms with van der Waals surface area (Å²) in [6.45, 7) is 6.44. The maximum Gasteiger partial charge on any atom is 0.320 e. The van der Waals surface area contributed by atoms with Crippen LogP contribution in [0.2, 0.25) is 0 Å². The zero-order chi connectivity index (χ0) is 17.5. The smallest absolute Gasteiger partial charge is 0.320 e. The Balaban J connectivity index is 2.20. The first-order chi connectivity index (χ1) is 11.5. The normalized spacial score (nSPS) is 12.2. The molecule has 4 heteroatoms. The van der Waals surface area contributed by atoms with E-state index in [9.17, 15) is 4.79 Å². The molecule has 3 nitrogen and oxygen atoms in total. The number of rotatable bonds is 7. The van der Waals surface area contributed by atoms with Crippen molar-refractivity contribution in [3.63, 3.8) is 0 Å². The molecule has 1 unspecified atom stereocenters. The number of carbonyl (C=O) groups is 1. The number of alkyl halides is 1. The fraction of sp³-hybridized carbons (Fsp3) is 0.350. The SMILES string of the molecule is COC(=O)C(Br)CN(Cc1ccccc1)Cc1c(C)cccc1C. The summed E-state index contributed by atoms with van der Waals surface area (Å²) in [6, 6.07) is 16.7. The summed E-state index contributed by atoms with van der Waals surface area (Å²) in [7, 11) is 1.42. The van der Waals surface area contributed by atoms with Gasteiger partial charge in [0.05, 0.1) is 7.11 Å². The molecule has 0 aromatic heterocycles. The molecular weight excluding hydrogens is 366 g/mol. The van der Waals surface area contributed by atoms with Gasteiger partial charge in [-0.3, -0.25) is 9.69 Å². The van der Waals surface area contributed by atoms with E-state index >= 15 is 0 Å². The lowest BCUT2D eigenvalue weighted by Gasteiger charge is -2.26. The van der Waals surface area contributed by atoms with Crippen molar-refractivity contribution in [1.82, 2.24) is 4.90 Å². The molecule has 128 valence electrons. The summed E-state index contributed by atoms with van der Waals surface area (Å²) in [5.41, 5.74) is 5.10. The van der Waals surface area contributed by atoms with Crippen LogP contribution in [0.3, 0.4) is 0 Å². The number of hydrogen-bond donors (Lipinski definition) is 0. The zero-order valence-electron chi connectivity index (χ0n) is 14.5. The van der Waals surface area contributed by atoms with Gasteiger partial charge < -0.3 is 4.74 Å². The van der Waals surface area contributed by atoms with Crippen LogP contribution in [0.15, 0.2) is 48.5 Å². The number of aryl methyl sites for hydroxylation is 2.